The first-order chi connectivity index (χ1) is 10.0. The molecule has 0 saturated heterocycles. The maximum absolute atomic E-state index is 6.01. The summed E-state index contributed by atoms with van der Waals surface area (Å²) in [6.45, 7) is 1.97. The van der Waals surface area contributed by atoms with E-state index >= 15 is 0 Å². The van der Waals surface area contributed by atoms with Gasteiger partial charge in [0.1, 0.15) is 0 Å². The van der Waals surface area contributed by atoms with E-state index in [9.17, 15) is 0 Å². The summed E-state index contributed by atoms with van der Waals surface area (Å²) in [5, 5.41) is 5.94. The molecule has 0 aliphatic rings. The van der Waals surface area contributed by atoms with Crippen molar-refractivity contribution in [3.05, 3.63) is 65.6 Å². The molecule has 1 aromatic heterocycles. The second kappa shape index (κ2) is 6.56. The zero-order valence-corrected chi connectivity index (χ0v) is 12.2. The smallest absolute Gasteiger partial charge is 0.151 e. The van der Waals surface area contributed by atoms with Crippen molar-refractivity contribution < 1.29 is 0 Å². The van der Waals surface area contributed by atoms with E-state index in [1.807, 2.05) is 56.4 Å². The number of amidine groups is 1. The van der Waals surface area contributed by atoms with Crippen molar-refractivity contribution in [2.24, 2.45) is 10.8 Å². The Morgan fingerprint density at radius 2 is 2.10 bits per heavy atom. The van der Waals surface area contributed by atoms with Crippen molar-refractivity contribution >= 4 is 17.6 Å². The Bertz CT molecular complexity index is 641. The Hall–Kier alpha value is -2.82. The van der Waals surface area contributed by atoms with Crippen molar-refractivity contribution in [1.29, 1.82) is 0 Å². The minimum Gasteiger partial charge on any atom is -0.399 e. The molecule has 0 spiro atoms. The van der Waals surface area contributed by atoms with E-state index in [1.54, 1.807) is 17.4 Å². The third-order valence-corrected chi connectivity index (χ3v) is 2.81. The van der Waals surface area contributed by atoms with E-state index in [0.29, 0.717) is 11.5 Å². The van der Waals surface area contributed by atoms with Gasteiger partial charge >= 0.3 is 0 Å². The van der Waals surface area contributed by atoms with Gasteiger partial charge in [-0.05, 0) is 48.9 Å². The number of aromatic nitrogens is 1. The topological polar surface area (TPSA) is 80.5 Å². The third-order valence-electron chi connectivity index (χ3n) is 2.81. The molecule has 0 bridgehead atoms. The van der Waals surface area contributed by atoms with Gasteiger partial charge in [-0.2, -0.15) is 5.10 Å². The molecular formula is C16H19N5. The van der Waals surface area contributed by atoms with Crippen LogP contribution in [0.25, 0.3) is 6.08 Å². The molecule has 0 fully saturated rings. The first kappa shape index (κ1) is 14.6. The number of nitrogen functional groups attached to an aromatic ring is 1. The molecule has 4 N–H and O–H groups in total. The predicted octanol–water partition coefficient (Wildman–Crippen LogP) is 2.20. The van der Waals surface area contributed by atoms with E-state index < -0.39 is 0 Å². The number of hydrazone groups is 1. The van der Waals surface area contributed by atoms with Gasteiger partial charge in [0.2, 0.25) is 0 Å². The van der Waals surface area contributed by atoms with Crippen LogP contribution in [-0.4, -0.2) is 22.9 Å². The summed E-state index contributed by atoms with van der Waals surface area (Å²) < 4.78 is 0. The summed E-state index contributed by atoms with van der Waals surface area (Å²) in [5.74, 6) is 0.415. The normalized spacial score (nSPS) is 11.8. The van der Waals surface area contributed by atoms with Gasteiger partial charge in [-0.15, -0.1) is 0 Å². The van der Waals surface area contributed by atoms with Crippen LogP contribution in [0.1, 0.15) is 16.8 Å². The molecule has 0 amide bonds. The minimum atomic E-state index is 0.415. The average molecular weight is 281 g/mol. The average Bonchev–Trinajstić information content (AvgIpc) is 2.45. The highest BCUT2D eigenvalue weighted by Gasteiger charge is 2.01. The van der Waals surface area contributed by atoms with Gasteiger partial charge in [0.15, 0.2) is 5.84 Å². The SMILES string of the molecule is Cc1cc(N)cc(C(N)=NN(C)C=Cc2ccccn2)c1. The molecule has 2 aromatic rings. The van der Waals surface area contributed by atoms with Crippen LogP contribution < -0.4 is 11.5 Å². The summed E-state index contributed by atoms with van der Waals surface area (Å²) in [5.41, 5.74) is 15.2. The van der Waals surface area contributed by atoms with E-state index in [2.05, 4.69) is 10.1 Å². The number of anilines is 1. The summed E-state index contributed by atoms with van der Waals surface area (Å²) >= 11 is 0. The van der Waals surface area contributed by atoms with Gasteiger partial charge in [-0.1, -0.05) is 6.07 Å². The molecule has 0 radical (unpaired) electrons. The molecule has 1 heterocycles. The van der Waals surface area contributed by atoms with Crippen molar-refractivity contribution in [2.75, 3.05) is 12.8 Å². The predicted molar refractivity (Wildman–Crippen MR) is 87.3 cm³/mol. The Labute approximate surface area is 124 Å². The molecule has 108 valence electrons. The van der Waals surface area contributed by atoms with Gasteiger partial charge in [0.05, 0.1) is 5.69 Å². The van der Waals surface area contributed by atoms with Crippen molar-refractivity contribution in [3.8, 4) is 0 Å². The molecule has 0 aliphatic carbocycles. The van der Waals surface area contributed by atoms with Crippen LogP contribution in [-0.2, 0) is 0 Å². The van der Waals surface area contributed by atoms with Gasteiger partial charge in [-0.25, -0.2) is 0 Å². The number of rotatable bonds is 4. The van der Waals surface area contributed by atoms with E-state index in [1.165, 1.54) is 0 Å². The maximum Gasteiger partial charge on any atom is 0.151 e. The molecule has 0 saturated carbocycles. The number of hydrogen-bond acceptors (Lipinski definition) is 4. The largest absolute Gasteiger partial charge is 0.399 e. The summed E-state index contributed by atoms with van der Waals surface area (Å²) in [6, 6.07) is 11.4. The lowest BCUT2D eigenvalue weighted by Crippen LogP contribution is -2.18. The molecule has 5 heteroatoms. The zero-order valence-electron chi connectivity index (χ0n) is 12.2. The van der Waals surface area contributed by atoms with Gasteiger partial charge < -0.3 is 11.5 Å². The van der Waals surface area contributed by atoms with Gasteiger partial charge in [0.25, 0.3) is 0 Å². The number of nitrogens with two attached hydrogens (primary N) is 2. The fraction of sp³-hybridized carbons (Fsp3) is 0.125. The molecular weight excluding hydrogens is 262 g/mol. The van der Waals surface area contributed by atoms with Crippen molar-refractivity contribution in [1.82, 2.24) is 9.99 Å². The van der Waals surface area contributed by atoms with Crippen molar-refractivity contribution in [3.63, 3.8) is 0 Å². The van der Waals surface area contributed by atoms with E-state index in [-0.39, 0.29) is 0 Å². The van der Waals surface area contributed by atoms with Gasteiger partial charge in [0, 0.05) is 30.7 Å². The molecule has 2 rings (SSSR count). The number of nitrogens with zero attached hydrogens (tertiary/aromatic N) is 3. The Kier molecular flexibility index (Phi) is 4.56. The lowest BCUT2D eigenvalue weighted by molar-refractivity contribution is 0.493. The van der Waals surface area contributed by atoms with Crippen LogP contribution in [0.5, 0.6) is 0 Å². The quantitative estimate of drug-likeness (QED) is 0.389. The fourth-order valence-electron chi connectivity index (χ4n) is 1.88. The lowest BCUT2D eigenvalue weighted by Gasteiger charge is -2.10. The van der Waals surface area contributed by atoms with Crippen molar-refractivity contribution in [2.45, 2.75) is 6.92 Å². The number of pyridine rings is 1. The summed E-state index contributed by atoms with van der Waals surface area (Å²) in [6.07, 6.45) is 5.41. The maximum atomic E-state index is 6.01. The van der Waals surface area contributed by atoms with E-state index in [4.69, 9.17) is 11.5 Å². The Morgan fingerprint density at radius 1 is 1.29 bits per heavy atom. The van der Waals surface area contributed by atoms with Crippen LogP contribution in [0, 0.1) is 6.92 Å². The number of aryl methyl sites for hydroxylation is 1. The second-order valence-corrected chi connectivity index (χ2v) is 4.76. The molecule has 0 aliphatic heterocycles. The standard InChI is InChI=1S/C16H19N5/c1-12-9-13(11-14(17)10-12)16(18)20-21(2)8-6-15-5-3-4-7-19-15/h3-11H,17H2,1-2H3,(H2,18,20). The fourth-order valence-corrected chi connectivity index (χ4v) is 1.88. The van der Waals surface area contributed by atoms with Crippen LogP contribution in [0.3, 0.4) is 0 Å². The van der Waals surface area contributed by atoms with E-state index in [0.717, 1.165) is 16.8 Å². The zero-order chi connectivity index (χ0) is 15.2. The second-order valence-electron chi connectivity index (χ2n) is 4.76. The Morgan fingerprint density at radius 3 is 2.76 bits per heavy atom. The summed E-state index contributed by atoms with van der Waals surface area (Å²) in [4.78, 5) is 4.20. The van der Waals surface area contributed by atoms with Crippen LogP contribution in [0.15, 0.2) is 53.9 Å². The first-order valence-corrected chi connectivity index (χ1v) is 6.58. The molecule has 0 unspecified atom stereocenters. The van der Waals surface area contributed by atoms with Crippen LogP contribution in [0.4, 0.5) is 5.69 Å². The molecule has 1 aromatic carbocycles. The minimum absolute atomic E-state index is 0.415. The Balaban J connectivity index is 2.12. The highest BCUT2D eigenvalue weighted by Crippen LogP contribution is 2.11. The number of hydrogen-bond donors (Lipinski definition) is 2. The highest BCUT2D eigenvalue weighted by atomic mass is 15.4. The third kappa shape index (κ3) is 4.35. The monoisotopic (exact) mass is 281 g/mol. The highest BCUT2D eigenvalue weighted by molar-refractivity contribution is 5.98. The molecule has 5 nitrogen and oxygen atoms in total. The van der Waals surface area contributed by atoms with Gasteiger partial charge in [-0.3, -0.25) is 9.99 Å². The van der Waals surface area contributed by atoms with Crippen LogP contribution >= 0.6 is 0 Å². The first-order valence-electron chi connectivity index (χ1n) is 6.58. The molecule has 21 heavy (non-hydrogen) atoms. The molecule has 0 atom stereocenters. The summed E-state index contributed by atoms with van der Waals surface area (Å²) in [7, 11) is 1.81. The lowest BCUT2D eigenvalue weighted by atomic mass is 10.1. The number of benzene rings is 1. The van der Waals surface area contributed by atoms with Crippen LogP contribution in [0.2, 0.25) is 0 Å².